The lowest BCUT2D eigenvalue weighted by Gasteiger charge is -2.17. The fraction of sp³-hybridized carbons (Fsp3) is 0.438. The molecule has 1 amide bonds. The Kier molecular flexibility index (Phi) is 5.76. The number of amides is 1. The highest BCUT2D eigenvalue weighted by Gasteiger charge is 2.35. The summed E-state index contributed by atoms with van der Waals surface area (Å²) in [4.78, 5) is 11.6. The van der Waals surface area contributed by atoms with E-state index in [4.69, 9.17) is 9.47 Å². The van der Waals surface area contributed by atoms with Gasteiger partial charge in [0.25, 0.3) is 5.92 Å². The maximum atomic E-state index is 14.5. The summed E-state index contributed by atoms with van der Waals surface area (Å²) in [6.07, 6.45) is -0.528. The van der Waals surface area contributed by atoms with Gasteiger partial charge in [-0.05, 0) is 17.5 Å². The molecule has 0 N–H and O–H groups in total. The number of halogens is 2. The second-order valence-corrected chi connectivity index (χ2v) is 8.78. The Hall–Kier alpha value is -1.94. The highest BCUT2D eigenvalue weighted by molar-refractivity contribution is 7.88. The van der Waals surface area contributed by atoms with Gasteiger partial charge in [0.2, 0.25) is 15.9 Å². The molecule has 0 aliphatic rings. The highest BCUT2D eigenvalue weighted by Crippen LogP contribution is 2.43. The minimum atomic E-state index is -3.76. The Balaban J connectivity index is 2.24. The second kappa shape index (κ2) is 7.36. The Morgan fingerprint density at radius 3 is 2.31 bits per heavy atom. The van der Waals surface area contributed by atoms with Crippen molar-refractivity contribution in [2.24, 2.45) is 0 Å². The number of thiophene rings is 1. The lowest BCUT2D eigenvalue weighted by atomic mass is 10.1. The van der Waals surface area contributed by atoms with Crippen LogP contribution in [-0.2, 0) is 20.7 Å². The number of hydrogen-bond donors (Lipinski definition) is 0. The molecule has 2 aromatic rings. The minimum Gasteiger partial charge on any atom is -0.493 e. The van der Waals surface area contributed by atoms with Gasteiger partial charge in [-0.25, -0.2) is 21.5 Å². The van der Waals surface area contributed by atoms with Crippen molar-refractivity contribution in [1.29, 1.82) is 0 Å². The zero-order valence-electron chi connectivity index (χ0n) is 14.7. The average Bonchev–Trinajstić information content (AvgIpc) is 3.00. The van der Waals surface area contributed by atoms with Crippen LogP contribution < -0.4 is 9.47 Å². The standard InChI is InChI=1S/C16H19F2NO5S2/c1-19(26(4,21)22)15(20)5-6-16(17,18)14-8-10-7-11(23-2)12(24-3)9-13(10)25-14/h7-9H,5-6H2,1-4H3. The molecule has 1 aromatic carbocycles. The van der Waals surface area contributed by atoms with Crippen LogP contribution in [0, 0.1) is 0 Å². The molecule has 6 nitrogen and oxygen atoms in total. The molecule has 0 unspecified atom stereocenters. The molecule has 0 aliphatic carbocycles. The summed E-state index contributed by atoms with van der Waals surface area (Å²) in [5.41, 5.74) is 0. The van der Waals surface area contributed by atoms with Crippen molar-refractivity contribution in [1.82, 2.24) is 4.31 Å². The first-order valence-electron chi connectivity index (χ1n) is 7.50. The van der Waals surface area contributed by atoms with Crippen molar-refractivity contribution in [3.63, 3.8) is 0 Å². The van der Waals surface area contributed by atoms with Crippen molar-refractivity contribution in [2.75, 3.05) is 27.5 Å². The molecule has 0 spiro atoms. The molecule has 0 bridgehead atoms. The van der Waals surface area contributed by atoms with Gasteiger partial charge in [0, 0.05) is 30.7 Å². The van der Waals surface area contributed by atoms with Crippen LogP contribution in [0.3, 0.4) is 0 Å². The number of sulfonamides is 1. The van der Waals surface area contributed by atoms with Gasteiger partial charge in [-0.3, -0.25) is 4.79 Å². The van der Waals surface area contributed by atoms with E-state index >= 15 is 0 Å². The number of methoxy groups -OCH3 is 2. The van der Waals surface area contributed by atoms with E-state index in [9.17, 15) is 22.0 Å². The molecule has 1 aromatic heterocycles. The molecular weight excluding hydrogens is 388 g/mol. The number of carbonyl (C=O) groups is 1. The van der Waals surface area contributed by atoms with Crippen molar-refractivity contribution in [2.45, 2.75) is 18.8 Å². The second-order valence-electron chi connectivity index (χ2n) is 5.68. The van der Waals surface area contributed by atoms with E-state index in [0.717, 1.165) is 24.6 Å². The fourth-order valence-corrected chi connectivity index (χ4v) is 3.81. The molecule has 0 fully saturated rings. The van der Waals surface area contributed by atoms with Gasteiger partial charge in [-0.2, -0.15) is 0 Å². The summed E-state index contributed by atoms with van der Waals surface area (Å²) in [7, 11) is 0.202. The van der Waals surface area contributed by atoms with E-state index in [1.807, 2.05) is 0 Å². The topological polar surface area (TPSA) is 72.9 Å². The Bertz CT molecular complexity index is 883. The van der Waals surface area contributed by atoms with Gasteiger partial charge in [-0.1, -0.05) is 0 Å². The van der Waals surface area contributed by atoms with Crippen LogP contribution in [-0.4, -0.2) is 46.2 Å². The molecule has 0 aliphatic heterocycles. The number of carbonyl (C=O) groups excluding carboxylic acids is 1. The Morgan fingerprint density at radius 1 is 1.19 bits per heavy atom. The van der Waals surface area contributed by atoms with Crippen molar-refractivity contribution in [3.05, 3.63) is 23.1 Å². The number of ether oxygens (including phenoxy) is 2. The van der Waals surface area contributed by atoms with Gasteiger partial charge in [0.15, 0.2) is 11.5 Å². The average molecular weight is 407 g/mol. The lowest BCUT2D eigenvalue weighted by Crippen LogP contribution is -2.32. The maximum absolute atomic E-state index is 14.5. The summed E-state index contributed by atoms with van der Waals surface area (Å²) >= 11 is 0.890. The quantitative estimate of drug-likeness (QED) is 0.705. The Labute approximate surface area is 154 Å². The first kappa shape index (κ1) is 20.4. The number of alkyl halides is 2. The smallest absolute Gasteiger partial charge is 0.282 e. The molecule has 0 saturated heterocycles. The molecule has 0 radical (unpaired) electrons. The third kappa shape index (κ3) is 4.24. The first-order valence-corrected chi connectivity index (χ1v) is 10.2. The molecule has 0 atom stereocenters. The van der Waals surface area contributed by atoms with Crippen LogP contribution >= 0.6 is 11.3 Å². The summed E-state index contributed by atoms with van der Waals surface area (Å²) < 4.78 is 63.0. The van der Waals surface area contributed by atoms with E-state index in [0.29, 0.717) is 25.9 Å². The molecule has 26 heavy (non-hydrogen) atoms. The molecule has 0 saturated carbocycles. The van der Waals surface area contributed by atoms with Crippen LogP contribution in [0.15, 0.2) is 18.2 Å². The maximum Gasteiger partial charge on any atom is 0.282 e. The summed E-state index contributed by atoms with van der Waals surface area (Å²) in [6, 6.07) is 4.56. The summed E-state index contributed by atoms with van der Waals surface area (Å²) in [5, 5.41) is 0.571. The zero-order valence-corrected chi connectivity index (χ0v) is 16.3. The number of benzene rings is 1. The monoisotopic (exact) mass is 407 g/mol. The van der Waals surface area contributed by atoms with Gasteiger partial charge < -0.3 is 9.47 Å². The number of hydrogen-bond acceptors (Lipinski definition) is 6. The number of rotatable bonds is 7. The van der Waals surface area contributed by atoms with Crippen molar-refractivity contribution < 1.29 is 31.5 Å². The third-order valence-electron chi connectivity index (χ3n) is 3.88. The van der Waals surface area contributed by atoms with Crippen LogP contribution in [0.4, 0.5) is 8.78 Å². The normalized spacial score (nSPS) is 12.2. The van der Waals surface area contributed by atoms with Gasteiger partial charge in [0.1, 0.15) is 0 Å². The summed E-state index contributed by atoms with van der Waals surface area (Å²) in [6.45, 7) is 0. The van der Waals surface area contributed by atoms with Crippen LogP contribution in [0.1, 0.15) is 17.7 Å². The van der Waals surface area contributed by atoms with E-state index in [-0.39, 0.29) is 4.88 Å². The molecular formula is C16H19F2NO5S2. The summed E-state index contributed by atoms with van der Waals surface area (Å²) in [5.74, 6) is -3.28. The fourth-order valence-electron chi connectivity index (χ4n) is 2.28. The number of nitrogens with zero attached hydrogens (tertiary/aromatic N) is 1. The SMILES string of the molecule is COc1cc2cc(C(F)(F)CCC(=O)N(C)S(C)(=O)=O)sc2cc1OC. The van der Waals surface area contributed by atoms with Crippen LogP contribution in [0.5, 0.6) is 11.5 Å². The zero-order chi connectivity index (χ0) is 19.7. The van der Waals surface area contributed by atoms with E-state index in [2.05, 4.69) is 0 Å². The van der Waals surface area contributed by atoms with Gasteiger partial charge >= 0.3 is 0 Å². The van der Waals surface area contributed by atoms with Crippen molar-refractivity contribution in [3.8, 4) is 11.5 Å². The largest absolute Gasteiger partial charge is 0.493 e. The van der Waals surface area contributed by atoms with E-state index in [1.54, 1.807) is 12.1 Å². The van der Waals surface area contributed by atoms with Crippen LogP contribution in [0.2, 0.25) is 0 Å². The predicted molar refractivity (Wildman–Crippen MR) is 95.7 cm³/mol. The predicted octanol–water partition coefficient (Wildman–Crippen LogP) is 3.21. The van der Waals surface area contributed by atoms with Gasteiger partial charge in [-0.15, -0.1) is 11.3 Å². The third-order valence-corrected chi connectivity index (χ3v) is 6.29. The Morgan fingerprint density at radius 2 is 1.77 bits per heavy atom. The van der Waals surface area contributed by atoms with E-state index < -0.39 is 34.7 Å². The van der Waals surface area contributed by atoms with Crippen LogP contribution in [0.25, 0.3) is 10.1 Å². The van der Waals surface area contributed by atoms with E-state index in [1.165, 1.54) is 20.3 Å². The molecule has 2 rings (SSSR count). The van der Waals surface area contributed by atoms with Crippen molar-refractivity contribution >= 4 is 37.4 Å². The minimum absolute atomic E-state index is 0.211. The highest BCUT2D eigenvalue weighted by atomic mass is 32.2. The molecule has 1 heterocycles. The molecule has 144 valence electrons. The lowest BCUT2D eigenvalue weighted by molar-refractivity contribution is -0.127. The number of fused-ring (bicyclic) bond motifs is 1. The molecule has 10 heteroatoms. The van der Waals surface area contributed by atoms with Gasteiger partial charge in [0.05, 0.1) is 25.4 Å². The first-order chi connectivity index (χ1) is 12.0.